The highest BCUT2D eigenvalue weighted by Gasteiger charge is 2.09. The van der Waals surface area contributed by atoms with E-state index in [0.29, 0.717) is 0 Å². The van der Waals surface area contributed by atoms with E-state index in [4.69, 9.17) is 9.47 Å². The highest BCUT2D eigenvalue weighted by molar-refractivity contribution is 5.77. The average molecular weight is 346 g/mol. The molecule has 0 aliphatic carbocycles. The van der Waals surface area contributed by atoms with Crippen LogP contribution in [-0.2, 0) is 19.1 Å². The van der Waals surface area contributed by atoms with Gasteiger partial charge >= 0.3 is 0 Å². The molecule has 2 atom stereocenters. The summed E-state index contributed by atoms with van der Waals surface area (Å²) in [7, 11) is 0. The third kappa shape index (κ3) is 15.1. The first-order chi connectivity index (χ1) is 11.3. The van der Waals surface area contributed by atoms with Crippen LogP contribution in [0.25, 0.3) is 0 Å². The predicted molar refractivity (Wildman–Crippen MR) is 77.2 cm³/mol. The number of aliphatic hydroxyl groups excluding tert-OH is 3. The molecule has 0 aromatic heterocycles. The number of aliphatic hydroxyl groups is 3. The van der Waals surface area contributed by atoms with Gasteiger partial charge in [-0.25, -0.2) is 0 Å². The van der Waals surface area contributed by atoms with Crippen LogP contribution in [0.15, 0.2) is 24.3 Å². The third-order valence-electron chi connectivity index (χ3n) is 2.57. The largest absolute Gasteiger partial charge is 0.545 e. The van der Waals surface area contributed by atoms with Crippen molar-refractivity contribution in [3.63, 3.8) is 0 Å². The van der Waals surface area contributed by atoms with Crippen molar-refractivity contribution in [1.29, 1.82) is 0 Å². The molecule has 0 rings (SSSR count). The van der Waals surface area contributed by atoms with Crippen molar-refractivity contribution in [2.75, 3.05) is 26.4 Å². The number of hydrogen-bond acceptors (Lipinski definition) is 9. The van der Waals surface area contributed by atoms with E-state index in [1.54, 1.807) is 0 Å². The quantitative estimate of drug-likeness (QED) is 0.271. The Hall–Kier alpha value is -1.78. The van der Waals surface area contributed by atoms with Gasteiger partial charge in [0.25, 0.3) is 0 Å². The smallest absolute Gasteiger partial charge is 0.101 e. The predicted octanol–water partition coefficient (Wildman–Crippen LogP) is -3.51. The van der Waals surface area contributed by atoms with Gasteiger partial charge in [-0.1, -0.05) is 12.2 Å². The summed E-state index contributed by atoms with van der Waals surface area (Å²) in [4.78, 5) is 20.2. The molecule has 9 nitrogen and oxygen atoms in total. The van der Waals surface area contributed by atoms with E-state index >= 15 is 0 Å². The van der Waals surface area contributed by atoms with Crippen molar-refractivity contribution in [2.24, 2.45) is 0 Å². The normalized spacial score (nSPS) is 15.6. The zero-order valence-electron chi connectivity index (χ0n) is 13.1. The minimum atomic E-state index is -1.35. The lowest BCUT2D eigenvalue weighted by atomic mass is 10.2. The van der Waals surface area contributed by atoms with Gasteiger partial charge in [0.1, 0.15) is 6.10 Å². The Labute approximate surface area is 139 Å². The molecule has 0 radical (unpaired) electrons. The molecule has 0 spiro atoms. The monoisotopic (exact) mass is 346 g/mol. The van der Waals surface area contributed by atoms with Crippen LogP contribution in [-0.4, -0.2) is 72.0 Å². The Morgan fingerprint density at radius 1 is 0.750 bits per heavy atom. The SMILES string of the molecule is O=C([O-])C=CCC(O)COCC(O)COCC(O)CC=CC(=O)[O-]. The molecular weight excluding hydrogens is 324 g/mol. The van der Waals surface area contributed by atoms with Gasteiger partial charge in [0.15, 0.2) is 0 Å². The lowest BCUT2D eigenvalue weighted by molar-refractivity contribution is -0.298. The zero-order chi connectivity index (χ0) is 18.4. The topological polar surface area (TPSA) is 159 Å². The minimum Gasteiger partial charge on any atom is -0.545 e. The molecule has 0 amide bonds. The van der Waals surface area contributed by atoms with Crippen LogP contribution in [0.4, 0.5) is 0 Å². The fraction of sp³-hybridized carbons (Fsp3) is 0.600. The second-order valence-electron chi connectivity index (χ2n) is 4.95. The molecule has 24 heavy (non-hydrogen) atoms. The zero-order valence-corrected chi connectivity index (χ0v) is 13.1. The summed E-state index contributed by atoms with van der Waals surface area (Å²) in [6.45, 7) is -0.403. The molecule has 3 N–H and O–H groups in total. The summed E-state index contributed by atoms with van der Waals surface area (Å²) in [5.74, 6) is -2.71. The second kappa shape index (κ2) is 13.6. The third-order valence-corrected chi connectivity index (χ3v) is 2.57. The Morgan fingerprint density at radius 3 is 1.42 bits per heavy atom. The summed E-state index contributed by atoms with van der Waals surface area (Å²) in [6.07, 6.45) is 1.44. The maximum absolute atomic E-state index is 10.1. The van der Waals surface area contributed by atoms with Crippen LogP contribution < -0.4 is 10.2 Å². The molecule has 0 aromatic carbocycles. The molecule has 0 aliphatic heterocycles. The van der Waals surface area contributed by atoms with E-state index in [1.807, 2.05) is 0 Å². The number of carboxylic acids is 2. The Balaban J connectivity index is 3.67. The van der Waals surface area contributed by atoms with Crippen LogP contribution in [0, 0.1) is 0 Å². The summed E-state index contributed by atoms with van der Waals surface area (Å²) in [6, 6.07) is 0. The minimum absolute atomic E-state index is 0.0755. The van der Waals surface area contributed by atoms with Crippen molar-refractivity contribution >= 4 is 11.9 Å². The molecule has 9 heteroatoms. The molecular formula is C15H22O9-2. The van der Waals surface area contributed by atoms with Gasteiger partial charge < -0.3 is 44.6 Å². The molecule has 0 heterocycles. The number of ether oxygens (including phenoxy) is 2. The maximum atomic E-state index is 10.1. The number of carbonyl (C=O) groups excluding carboxylic acids is 2. The maximum Gasteiger partial charge on any atom is 0.101 e. The summed E-state index contributed by atoms with van der Waals surface area (Å²) < 4.78 is 10.1. The van der Waals surface area contributed by atoms with Gasteiger partial charge in [-0.2, -0.15) is 0 Å². The Morgan fingerprint density at radius 2 is 1.08 bits per heavy atom. The van der Waals surface area contributed by atoms with Gasteiger partial charge in [-0.3, -0.25) is 0 Å². The number of rotatable bonds is 14. The van der Waals surface area contributed by atoms with Crippen LogP contribution in [0.3, 0.4) is 0 Å². The molecule has 0 saturated carbocycles. The van der Waals surface area contributed by atoms with Gasteiger partial charge in [-0.15, -0.1) is 0 Å². The molecule has 0 bridgehead atoms. The van der Waals surface area contributed by atoms with E-state index < -0.39 is 30.3 Å². The Kier molecular flexibility index (Phi) is 12.6. The van der Waals surface area contributed by atoms with Gasteiger partial charge in [0, 0.05) is 0 Å². The van der Waals surface area contributed by atoms with Crippen LogP contribution >= 0.6 is 0 Å². The lowest BCUT2D eigenvalue weighted by Crippen LogP contribution is -2.27. The van der Waals surface area contributed by atoms with Crippen molar-refractivity contribution in [3.05, 3.63) is 24.3 Å². The second-order valence-corrected chi connectivity index (χ2v) is 4.95. The fourth-order valence-corrected chi connectivity index (χ4v) is 1.51. The average Bonchev–Trinajstić information content (AvgIpc) is 2.46. The van der Waals surface area contributed by atoms with E-state index in [-0.39, 0.29) is 39.3 Å². The molecule has 0 aromatic rings. The lowest BCUT2D eigenvalue weighted by Gasteiger charge is -2.15. The van der Waals surface area contributed by atoms with Crippen molar-refractivity contribution < 1.29 is 44.6 Å². The highest BCUT2D eigenvalue weighted by atomic mass is 16.5. The van der Waals surface area contributed by atoms with Crippen LogP contribution in [0.2, 0.25) is 0 Å². The van der Waals surface area contributed by atoms with E-state index in [0.717, 1.165) is 12.2 Å². The first-order valence-electron chi connectivity index (χ1n) is 7.26. The first kappa shape index (κ1) is 22.2. The molecule has 138 valence electrons. The number of hydrogen-bond donors (Lipinski definition) is 3. The number of aliphatic carboxylic acids is 2. The van der Waals surface area contributed by atoms with Crippen LogP contribution in [0.1, 0.15) is 12.8 Å². The molecule has 0 fully saturated rings. The summed E-state index contributed by atoms with van der Waals surface area (Å²) >= 11 is 0. The highest BCUT2D eigenvalue weighted by Crippen LogP contribution is 1.98. The molecule has 0 aliphatic rings. The van der Waals surface area contributed by atoms with E-state index in [9.17, 15) is 35.1 Å². The van der Waals surface area contributed by atoms with Gasteiger partial charge in [-0.05, 0) is 25.0 Å². The Bertz CT molecular complexity index is 381. The van der Waals surface area contributed by atoms with Crippen molar-refractivity contribution in [3.8, 4) is 0 Å². The van der Waals surface area contributed by atoms with E-state index in [1.165, 1.54) is 12.2 Å². The standard InChI is InChI=1S/C15H24O9/c16-11(3-1-5-14(19)20)7-23-9-13(18)10-24-8-12(17)4-2-6-15(21)22/h1-2,5-6,11-13,16-18H,3-4,7-10H2,(H,19,20)(H,21,22)/p-2. The van der Waals surface area contributed by atoms with Gasteiger partial charge in [0.2, 0.25) is 0 Å². The first-order valence-corrected chi connectivity index (χ1v) is 7.26. The number of carbonyl (C=O) groups is 2. The number of carboxylic acid groups (broad SMARTS) is 2. The summed E-state index contributed by atoms with van der Waals surface area (Å²) in [5.41, 5.74) is 0. The van der Waals surface area contributed by atoms with Gasteiger partial charge in [0.05, 0.1) is 50.6 Å². The molecule has 0 saturated heterocycles. The fourth-order valence-electron chi connectivity index (χ4n) is 1.51. The molecule has 2 unspecified atom stereocenters. The summed E-state index contributed by atoms with van der Waals surface area (Å²) in [5, 5.41) is 48.7. The van der Waals surface area contributed by atoms with Crippen molar-refractivity contribution in [2.45, 2.75) is 31.2 Å². The van der Waals surface area contributed by atoms with Crippen LogP contribution in [0.5, 0.6) is 0 Å². The van der Waals surface area contributed by atoms with E-state index in [2.05, 4.69) is 0 Å². The van der Waals surface area contributed by atoms with Crippen molar-refractivity contribution in [1.82, 2.24) is 0 Å².